The molecule has 3 N–H and O–H groups in total. The Kier molecular flexibility index (Phi) is 3.93. The fourth-order valence-corrected chi connectivity index (χ4v) is 1.81. The second-order valence-corrected chi connectivity index (χ2v) is 4.12. The summed E-state index contributed by atoms with van der Waals surface area (Å²) in [7, 11) is 0. The summed E-state index contributed by atoms with van der Waals surface area (Å²) in [6.45, 7) is 4.31. The fraction of sp³-hybridized carbons (Fsp3) is 0.545. The molecule has 7 heteroatoms. The Balaban J connectivity index is 2.30. The van der Waals surface area contributed by atoms with Gasteiger partial charge < -0.3 is 10.6 Å². The summed E-state index contributed by atoms with van der Waals surface area (Å²) in [5, 5.41) is 10.5. The molecule has 0 aliphatic rings. The summed E-state index contributed by atoms with van der Waals surface area (Å²) < 4.78 is 1.27. The summed E-state index contributed by atoms with van der Waals surface area (Å²) in [6, 6.07) is 3.64. The highest BCUT2D eigenvalue weighted by atomic mass is 16.2. The van der Waals surface area contributed by atoms with Crippen LogP contribution in [0.15, 0.2) is 16.9 Å². The third kappa shape index (κ3) is 2.51. The van der Waals surface area contributed by atoms with E-state index in [1.54, 1.807) is 6.07 Å². The van der Waals surface area contributed by atoms with Crippen LogP contribution < -0.4 is 16.3 Å². The van der Waals surface area contributed by atoms with Crippen molar-refractivity contribution >= 4 is 11.5 Å². The monoisotopic (exact) mass is 250 g/mol. The number of nitrogens with two attached hydrogens (primary N) is 1. The van der Waals surface area contributed by atoms with Gasteiger partial charge in [-0.1, -0.05) is 13.3 Å². The minimum atomic E-state index is -0.324. The number of hydrogen-bond donors (Lipinski definition) is 2. The molecule has 0 saturated carbocycles. The van der Waals surface area contributed by atoms with Gasteiger partial charge in [0.1, 0.15) is 5.82 Å². The van der Waals surface area contributed by atoms with E-state index >= 15 is 0 Å². The summed E-state index contributed by atoms with van der Waals surface area (Å²) >= 11 is 0. The maximum absolute atomic E-state index is 11.5. The number of nitrogens with one attached hydrogen (secondary N) is 1. The number of unbranched alkanes of at least 4 members (excludes halogenated alkanes) is 1. The van der Waals surface area contributed by atoms with E-state index in [4.69, 9.17) is 5.73 Å². The highest BCUT2D eigenvalue weighted by Gasteiger charge is 2.09. The van der Waals surface area contributed by atoms with Crippen LogP contribution in [0.5, 0.6) is 0 Å². The lowest BCUT2D eigenvalue weighted by molar-refractivity contribution is 0.696. The lowest BCUT2D eigenvalue weighted by Crippen LogP contribution is -2.32. The van der Waals surface area contributed by atoms with Gasteiger partial charge in [-0.3, -0.25) is 0 Å². The van der Waals surface area contributed by atoms with Crippen molar-refractivity contribution in [2.75, 3.05) is 24.5 Å². The molecule has 98 valence electrons. The average molecular weight is 250 g/mol. The first-order chi connectivity index (χ1) is 8.76. The van der Waals surface area contributed by atoms with Crippen LogP contribution in [0, 0.1) is 0 Å². The van der Waals surface area contributed by atoms with Crippen molar-refractivity contribution in [2.24, 2.45) is 5.73 Å². The molecule has 2 aromatic rings. The van der Waals surface area contributed by atoms with Crippen LogP contribution in [0.1, 0.15) is 19.8 Å². The van der Waals surface area contributed by atoms with E-state index in [0.29, 0.717) is 12.2 Å². The zero-order chi connectivity index (χ0) is 13.0. The van der Waals surface area contributed by atoms with Gasteiger partial charge in [-0.15, -0.1) is 5.10 Å². The van der Waals surface area contributed by atoms with Gasteiger partial charge in [0, 0.05) is 19.6 Å². The quantitative estimate of drug-likeness (QED) is 0.752. The van der Waals surface area contributed by atoms with E-state index in [2.05, 4.69) is 27.1 Å². The predicted molar refractivity (Wildman–Crippen MR) is 69.8 cm³/mol. The van der Waals surface area contributed by atoms with E-state index < -0.39 is 0 Å². The van der Waals surface area contributed by atoms with Gasteiger partial charge in [-0.25, -0.2) is 9.89 Å². The largest absolute Gasteiger partial charge is 0.364 e. The first-order valence-corrected chi connectivity index (χ1v) is 6.15. The predicted octanol–water partition coefficient (Wildman–Crippen LogP) is -0.0172. The number of anilines is 1. The van der Waals surface area contributed by atoms with Crippen LogP contribution in [-0.4, -0.2) is 39.4 Å². The molecular formula is C11H18N6O. The third-order valence-electron chi connectivity index (χ3n) is 2.76. The first kappa shape index (κ1) is 12.6. The topological polar surface area (TPSA) is 92.3 Å². The molecule has 0 aliphatic carbocycles. The highest BCUT2D eigenvalue weighted by Crippen LogP contribution is 2.10. The molecule has 0 radical (unpaired) electrons. The lowest BCUT2D eigenvalue weighted by atomic mass is 10.3. The molecule has 0 unspecified atom stereocenters. The number of aromatic amines is 1. The molecule has 7 nitrogen and oxygen atoms in total. The van der Waals surface area contributed by atoms with Crippen molar-refractivity contribution in [2.45, 2.75) is 19.8 Å². The van der Waals surface area contributed by atoms with Crippen LogP contribution in [-0.2, 0) is 0 Å². The van der Waals surface area contributed by atoms with Gasteiger partial charge in [-0.05, 0) is 18.6 Å². The van der Waals surface area contributed by atoms with E-state index in [-0.39, 0.29) is 5.69 Å². The van der Waals surface area contributed by atoms with Crippen molar-refractivity contribution in [1.82, 2.24) is 19.8 Å². The molecule has 0 aliphatic heterocycles. The van der Waals surface area contributed by atoms with Gasteiger partial charge in [-0.2, -0.15) is 9.61 Å². The molecule has 0 spiro atoms. The molecule has 0 amide bonds. The summed E-state index contributed by atoms with van der Waals surface area (Å²) in [5.41, 5.74) is 5.80. The van der Waals surface area contributed by atoms with Crippen molar-refractivity contribution in [3.63, 3.8) is 0 Å². The molecule has 2 rings (SSSR count). The van der Waals surface area contributed by atoms with Crippen molar-refractivity contribution < 1.29 is 0 Å². The molecule has 2 heterocycles. The molecule has 0 aromatic carbocycles. The Bertz CT molecular complexity index is 560. The SMILES string of the molecule is CCCCN(CCN)c1ccc2n[nH]c(=O)n2n1. The normalized spacial score (nSPS) is 11.0. The van der Waals surface area contributed by atoms with Gasteiger partial charge in [0.15, 0.2) is 5.65 Å². The Morgan fingerprint density at radius 1 is 1.44 bits per heavy atom. The van der Waals surface area contributed by atoms with Crippen LogP contribution in [0.2, 0.25) is 0 Å². The van der Waals surface area contributed by atoms with Gasteiger partial charge in [0.25, 0.3) is 0 Å². The Morgan fingerprint density at radius 3 is 3.00 bits per heavy atom. The summed E-state index contributed by atoms with van der Waals surface area (Å²) in [4.78, 5) is 13.6. The van der Waals surface area contributed by atoms with Crippen LogP contribution in [0.4, 0.5) is 5.82 Å². The smallest absolute Gasteiger partial charge is 0.354 e. The molecule has 2 aromatic heterocycles. The van der Waals surface area contributed by atoms with Crippen molar-refractivity contribution in [3.05, 3.63) is 22.6 Å². The fourth-order valence-electron chi connectivity index (χ4n) is 1.81. The van der Waals surface area contributed by atoms with Crippen LogP contribution >= 0.6 is 0 Å². The molecule has 0 atom stereocenters. The number of aromatic nitrogens is 4. The van der Waals surface area contributed by atoms with Gasteiger partial charge in [0.05, 0.1) is 0 Å². The number of nitrogens with zero attached hydrogens (tertiary/aromatic N) is 4. The minimum absolute atomic E-state index is 0.324. The zero-order valence-electron chi connectivity index (χ0n) is 10.5. The number of hydrogen-bond acceptors (Lipinski definition) is 5. The van der Waals surface area contributed by atoms with E-state index in [9.17, 15) is 4.79 Å². The second kappa shape index (κ2) is 5.63. The molecule has 0 bridgehead atoms. The highest BCUT2D eigenvalue weighted by molar-refractivity contribution is 5.44. The maximum Gasteiger partial charge on any atom is 0.364 e. The summed E-state index contributed by atoms with van der Waals surface area (Å²) in [5.74, 6) is 0.755. The third-order valence-corrected chi connectivity index (χ3v) is 2.76. The molecule has 18 heavy (non-hydrogen) atoms. The maximum atomic E-state index is 11.5. The summed E-state index contributed by atoms with van der Waals surface area (Å²) in [6.07, 6.45) is 2.18. The Hall–Kier alpha value is -1.89. The second-order valence-electron chi connectivity index (χ2n) is 4.12. The van der Waals surface area contributed by atoms with Crippen molar-refractivity contribution in [3.8, 4) is 0 Å². The van der Waals surface area contributed by atoms with Gasteiger partial charge >= 0.3 is 5.69 Å². The molecule has 0 saturated heterocycles. The molecular weight excluding hydrogens is 232 g/mol. The number of rotatable bonds is 6. The lowest BCUT2D eigenvalue weighted by Gasteiger charge is -2.22. The number of fused-ring (bicyclic) bond motifs is 1. The average Bonchev–Trinajstić information content (AvgIpc) is 2.76. The van der Waals surface area contributed by atoms with Gasteiger partial charge in [0.2, 0.25) is 0 Å². The van der Waals surface area contributed by atoms with E-state index in [0.717, 1.165) is 31.7 Å². The first-order valence-electron chi connectivity index (χ1n) is 6.15. The molecule has 0 fully saturated rings. The van der Waals surface area contributed by atoms with E-state index in [1.807, 2.05) is 6.07 Å². The Labute approximate surface area is 105 Å². The number of H-pyrrole nitrogens is 1. The van der Waals surface area contributed by atoms with Crippen molar-refractivity contribution in [1.29, 1.82) is 0 Å². The Morgan fingerprint density at radius 2 is 2.28 bits per heavy atom. The van der Waals surface area contributed by atoms with Crippen LogP contribution in [0.3, 0.4) is 0 Å². The standard InChI is InChI=1S/C11H18N6O/c1-2-3-7-16(8-6-12)10-5-4-9-13-14-11(18)17(9)15-10/h4-5H,2-3,6-8,12H2,1H3,(H,14,18). The van der Waals surface area contributed by atoms with Crippen LogP contribution in [0.25, 0.3) is 5.65 Å². The zero-order valence-corrected chi connectivity index (χ0v) is 10.5. The minimum Gasteiger partial charge on any atom is -0.354 e. The van der Waals surface area contributed by atoms with E-state index in [1.165, 1.54) is 4.52 Å².